The molecule has 1 saturated heterocycles. The molecule has 206 valence electrons. The maximum atomic E-state index is 14.7. The number of nitrogens with zero attached hydrogens (tertiary/aromatic N) is 1. The van der Waals surface area contributed by atoms with E-state index in [1.54, 1.807) is 7.11 Å². The summed E-state index contributed by atoms with van der Waals surface area (Å²) in [5.41, 5.74) is 2.60. The summed E-state index contributed by atoms with van der Waals surface area (Å²) in [5.74, 6) is -0.595. The van der Waals surface area contributed by atoms with Gasteiger partial charge in [0.1, 0.15) is 16.5 Å². The summed E-state index contributed by atoms with van der Waals surface area (Å²) in [6.45, 7) is 0.715. The van der Waals surface area contributed by atoms with Gasteiger partial charge in [-0.3, -0.25) is 9.59 Å². The van der Waals surface area contributed by atoms with Crippen molar-refractivity contribution in [2.75, 3.05) is 33.4 Å². The highest BCUT2D eigenvalue weighted by atomic mass is 32.2. The quantitative estimate of drug-likeness (QED) is 0.348. The van der Waals surface area contributed by atoms with E-state index in [2.05, 4.69) is 0 Å². The molecule has 0 atom stereocenters. The zero-order valence-corrected chi connectivity index (χ0v) is 23.3. The van der Waals surface area contributed by atoms with Crippen LogP contribution in [0.4, 0.5) is 4.39 Å². The standard InChI is InChI=1S/C29H30FNO6S2/c1-36-21-9-6-19(7-10-21)16-25(33)29-22-4-2-3-5-26(22)38-27(29)18-24(32)20-8-11-23(30)28(17-20)39(34,35)31-12-14-37-15-13-31/h6-11,17H,2-5,12-16,18H2,1H3. The van der Waals surface area contributed by atoms with Crippen LogP contribution in [0.3, 0.4) is 0 Å². The van der Waals surface area contributed by atoms with Crippen molar-refractivity contribution in [1.29, 1.82) is 0 Å². The number of carbonyl (C=O) groups is 2. The number of hydrogen-bond donors (Lipinski definition) is 0. The number of fused-ring (bicyclic) bond motifs is 1. The summed E-state index contributed by atoms with van der Waals surface area (Å²) in [5, 5.41) is 0. The molecule has 3 aromatic rings. The van der Waals surface area contributed by atoms with Crippen molar-refractivity contribution < 1.29 is 31.9 Å². The summed E-state index contributed by atoms with van der Waals surface area (Å²) < 4.78 is 52.5. The summed E-state index contributed by atoms with van der Waals surface area (Å²) in [6.07, 6.45) is 3.84. The van der Waals surface area contributed by atoms with Crippen molar-refractivity contribution in [3.8, 4) is 5.75 Å². The van der Waals surface area contributed by atoms with Gasteiger partial charge >= 0.3 is 0 Å². The van der Waals surface area contributed by atoms with E-state index in [4.69, 9.17) is 9.47 Å². The van der Waals surface area contributed by atoms with Gasteiger partial charge in [0, 0.05) is 46.8 Å². The minimum atomic E-state index is -4.12. The second-order valence-corrected chi connectivity index (χ2v) is 12.8. The molecule has 2 heterocycles. The minimum Gasteiger partial charge on any atom is -0.497 e. The molecule has 0 spiro atoms. The summed E-state index contributed by atoms with van der Waals surface area (Å²) in [6, 6.07) is 10.8. The lowest BCUT2D eigenvalue weighted by Crippen LogP contribution is -2.41. The smallest absolute Gasteiger partial charge is 0.246 e. The van der Waals surface area contributed by atoms with Crippen LogP contribution < -0.4 is 4.74 Å². The maximum absolute atomic E-state index is 14.7. The van der Waals surface area contributed by atoms with E-state index in [-0.39, 0.29) is 56.3 Å². The molecule has 0 saturated carbocycles. The fourth-order valence-corrected chi connectivity index (χ4v) is 8.05. The van der Waals surface area contributed by atoms with Crippen LogP contribution in [0, 0.1) is 5.82 Å². The lowest BCUT2D eigenvalue weighted by molar-refractivity contribution is 0.0729. The van der Waals surface area contributed by atoms with Crippen LogP contribution in [0.25, 0.3) is 0 Å². The number of hydrogen-bond acceptors (Lipinski definition) is 7. The van der Waals surface area contributed by atoms with Crippen LogP contribution in [0.5, 0.6) is 5.75 Å². The van der Waals surface area contributed by atoms with Crippen LogP contribution >= 0.6 is 11.3 Å². The van der Waals surface area contributed by atoms with E-state index in [1.165, 1.54) is 21.7 Å². The van der Waals surface area contributed by atoms with Crippen LogP contribution in [-0.4, -0.2) is 57.7 Å². The van der Waals surface area contributed by atoms with E-state index in [9.17, 15) is 22.4 Å². The summed E-state index contributed by atoms with van der Waals surface area (Å²) >= 11 is 1.49. The Balaban J connectivity index is 1.42. The predicted octanol–water partition coefficient (Wildman–Crippen LogP) is 4.65. The number of ketones is 2. The highest BCUT2D eigenvalue weighted by Crippen LogP contribution is 2.36. The third-order valence-electron chi connectivity index (χ3n) is 7.21. The normalized spacial score (nSPS) is 16.1. The number of ether oxygens (including phenoxy) is 2. The topological polar surface area (TPSA) is 90.0 Å². The molecule has 1 aliphatic heterocycles. The Morgan fingerprint density at radius 1 is 1.00 bits per heavy atom. The average Bonchev–Trinajstić information content (AvgIpc) is 3.32. The zero-order chi connectivity index (χ0) is 27.6. The zero-order valence-electron chi connectivity index (χ0n) is 21.7. The van der Waals surface area contributed by atoms with Gasteiger partial charge in [0.15, 0.2) is 11.6 Å². The van der Waals surface area contributed by atoms with Crippen molar-refractivity contribution in [2.24, 2.45) is 0 Å². The molecule has 2 aliphatic rings. The Bertz CT molecular complexity index is 1490. The van der Waals surface area contributed by atoms with Gasteiger partial charge in [-0.15, -0.1) is 11.3 Å². The monoisotopic (exact) mass is 571 g/mol. The van der Waals surface area contributed by atoms with Crippen molar-refractivity contribution in [1.82, 2.24) is 4.31 Å². The van der Waals surface area contributed by atoms with Gasteiger partial charge in [0.05, 0.1) is 20.3 Å². The van der Waals surface area contributed by atoms with Gasteiger partial charge < -0.3 is 9.47 Å². The van der Waals surface area contributed by atoms with Gasteiger partial charge in [-0.05, 0) is 67.1 Å². The number of benzene rings is 2. The number of morpholine rings is 1. The van der Waals surface area contributed by atoms with Crippen LogP contribution in [-0.2, 0) is 40.4 Å². The second-order valence-electron chi connectivity index (χ2n) is 9.72. The summed E-state index contributed by atoms with van der Waals surface area (Å²) in [4.78, 5) is 28.3. The summed E-state index contributed by atoms with van der Waals surface area (Å²) in [7, 11) is -2.53. The number of carbonyl (C=O) groups excluding carboxylic acids is 2. The van der Waals surface area contributed by atoms with E-state index >= 15 is 0 Å². The maximum Gasteiger partial charge on any atom is 0.246 e. The molecule has 0 N–H and O–H groups in total. The number of halogens is 1. The van der Waals surface area contributed by atoms with Gasteiger partial charge in [0.25, 0.3) is 0 Å². The van der Waals surface area contributed by atoms with Gasteiger partial charge in [-0.2, -0.15) is 4.31 Å². The van der Waals surface area contributed by atoms with E-state index in [0.717, 1.165) is 53.8 Å². The molecule has 1 aliphatic carbocycles. The fraction of sp³-hybridized carbons (Fsp3) is 0.379. The number of rotatable bonds is 9. The SMILES string of the molecule is COc1ccc(CC(=O)c2c(CC(=O)c3ccc(F)c(S(=O)(=O)N4CCOCC4)c3)sc3c2CCCC3)cc1. The molecule has 0 radical (unpaired) electrons. The predicted molar refractivity (Wildman–Crippen MR) is 146 cm³/mol. The number of aryl methyl sites for hydroxylation is 1. The first kappa shape index (κ1) is 27.6. The molecule has 2 aromatic carbocycles. The van der Waals surface area contributed by atoms with E-state index < -0.39 is 20.7 Å². The third kappa shape index (κ3) is 5.84. The number of methoxy groups -OCH3 is 1. The van der Waals surface area contributed by atoms with E-state index in [1.807, 2.05) is 24.3 Å². The Morgan fingerprint density at radius 3 is 2.44 bits per heavy atom. The molecule has 1 fully saturated rings. The number of sulfonamides is 1. The largest absolute Gasteiger partial charge is 0.497 e. The molecular formula is C29H30FNO6S2. The Kier molecular flexibility index (Phi) is 8.27. The molecule has 1 aromatic heterocycles. The molecule has 39 heavy (non-hydrogen) atoms. The lowest BCUT2D eigenvalue weighted by Gasteiger charge is -2.26. The fourth-order valence-electron chi connectivity index (χ4n) is 5.14. The van der Waals surface area contributed by atoms with Crippen LogP contribution in [0.1, 0.15) is 54.4 Å². The van der Waals surface area contributed by atoms with Crippen molar-refractivity contribution >= 4 is 32.9 Å². The first-order chi connectivity index (χ1) is 18.8. The van der Waals surface area contributed by atoms with Gasteiger partial charge in [0.2, 0.25) is 10.0 Å². The first-order valence-electron chi connectivity index (χ1n) is 13.0. The highest BCUT2D eigenvalue weighted by molar-refractivity contribution is 7.89. The van der Waals surface area contributed by atoms with Crippen molar-refractivity contribution in [2.45, 2.75) is 43.4 Å². The molecule has 0 bridgehead atoms. The number of thiophene rings is 1. The lowest BCUT2D eigenvalue weighted by atomic mass is 9.90. The Labute approximate surface area is 231 Å². The van der Waals surface area contributed by atoms with Gasteiger partial charge in [-0.25, -0.2) is 12.8 Å². The van der Waals surface area contributed by atoms with Crippen LogP contribution in [0.15, 0.2) is 47.4 Å². The minimum absolute atomic E-state index is 0.0444. The molecular weight excluding hydrogens is 541 g/mol. The van der Waals surface area contributed by atoms with Crippen LogP contribution in [0.2, 0.25) is 0 Å². The third-order valence-corrected chi connectivity index (χ3v) is 10.4. The molecule has 0 unspecified atom stereocenters. The molecule has 10 heteroatoms. The Morgan fingerprint density at radius 2 is 1.72 bits per heavy atom. The molecule has 7 nitrogen and oxygen atoms in total. The van der Waals surface area contributed by atoms with Gasteiger partial charge in [-0.1, -0.05) is 12.1 Å². The Hall–Kier alpha value is -2.92. The second kappa shape index (κ2) is 11.7. The average molecular weight is 572 g/mol. The molecule has 0 amide bonds. The van der Waals surface area contributed by atoms with E-state index in [0.29, 0.717) is 16.2 Å². The number of Topliss-reactive ketones (excluding diaryl/α,β-unsaturated/α-hetero) is 2. The first-order valence-corrected chi connectivity index (χ1v) is 15.2. The highest BCUT2D eigenvalue weighted by Gasteiger charge is 2.31. The van der Waals surface area contributed by atoms with Crippen molar-refractivity contribution in [3.63, 3.8) is 0 Å². The van der Waals surface area contributed by atoms with Crippen molar-refractivity contribution in [3.05, 3.63) is 80.3 Å². The molecule has 5 rings (SSSR count).